The predicted molar refractivity (Wildman–Crippen MR) is 69.5 cm³/mol. The van der Waals surface area contributed by atoms with Crippen LogP contribution in [-0.4, -0.2) is 23.5 Å². The number of allylic oxidation sites excluding steroid dienone is 1. The number of hydrogen-bond acceptors (Lipinski definition) is 2. The topological polar surface area (TPSA) is 46.5 Å². The number of benzene rings is 1. The fraction of sp³-hybridized carbons (Fsp3) is 0.267. The molecule has 100 valence electrons. The maximum atomic E-state index is 14.2. The summed E-state index contributed by atoms with van der Waals surface area (Å²) in [6, 6.07) is 9.13. The number of rotatable bonds is 4. The molecular formula is C15H15FO3. The molecule has 1 aromatic rings. The lowest BCUT2D eigenvalue weighted by Crippen LogP contribution is -2.28. The van der Waals surface area contributed by atoms with E-state index in [9.17, 15) is 14.3 Å². The minimum absolute atomic E-state index is 0.00958. The third-order valence-corrected chi connectivity index (χ3v) is 2.97. The van der Waals surface area contributed by atoms with E-state index in [-0.39, 0.29) is 12.2 Å². The number of halogens is 1. The maximum Gasteiger partial charge on any atom is 0.332 e. The van der Waals surface area contributed by atoms with E-state index in [4.69, 9.17) is 4.74 Å². The Hall–Kier alpha value is -1.94. The van der Waals surface area contributed by atoms with Gasteiger partial charge in [0.15, 0.2) is 0 Å². The van der Waals surface area contributed by atoms with Crippen molar-refractivity contribution in [1.29, 1.82) is 0 Å². The highest BCUT2D eigenvalue weighted by Crippen LogP contribution is 2.35. The first-order valence-electron chi connectivity index (χ1n) is 6.09. The molecule has 2 rings (SSSR count). The molecule has 0 saturated carbocycles. The third kappa shape index (κ3) is 2.90. The number of carbonyl (C=O) groups is 1. The van der Waals surface area contributed by atoms with Crippen LogP contribution in [-0.2, 0) is 9.53 Å². The zero-order valence-electron chi connectivity index (χ0n) is 10.5. The van der Waals surface area contributed by atoms with Crippen LogP contribution in [0.4, 0.5) is 4.39 Å². The lowest BCUT2D eigenvalue weighted by molar-refractivity contribution is -0.133. The Morgan fingerprint density at radius 3 is 2.68 bits per heavy atom. The number of aliphatic carboxylic acids is 1. The van der Waals surface area contributed by atoms with E-state index in [1.165, 1.54) is 12.2 Å². The molecule has 0 bridgehead atoms. The molecule has 1 aromatic carbocycles. The first kappa shape index (κ1) is 13.5. The van der Waals surface area contributed by atoms with Gasteiger partial charge in [-0.2, -0.15) is 0 Å². The molecule has 0 amide bonds. The van der Waals surface area contributed by atoms with Crippen molar-refractivity contribution in [3.63, 3.8) is 0 Å². The highest BCUT2D eigenvalue weighted by atomic mass is 19.2. The Morgan fingerprint density at radius 1 is 1.42 bits per heavy atom. The molecule has 1 aliphatic carbocycles. The smallest absolute Gasteiger partial charge is 0.332 e. The highest BCUT2D eigenvalue weighted by molar-refractivity contribution is 5.89. The van der Waals surface area contributed by atoms with E-state index in [1.807, 2.05) is 30.3 Å². The quantitative estimate of drug-likeness (QED) is 0.848. The van der Waals surface area contributed by atoms with Crippen LogP contribution in [0.3, 0.4) is 0 Å². The van der Waals surface area contributed by atoms with Crippen LogP contribution in [0, 0.1) is 0 Å². The minimum atomic E-state index is -2.13. The lowest BCUT2D eigenvalue weighted by atomic mass is 9.86. The molecule has 0 aromatic heterocycles. The second-order valence-corrected chi connectivity index (χ2v) is 4.28. The number of carboxylic acids is 1. The van der Waals surface area contributed by atoms with Gasteiger partial charge in [-0.3, -0.25) is 0 Å². The minimum Gasteiger partial charge on any atom is -0.478 e. The summed E-state index contributed by atoms with van der Waals surface area (Å²) in [7, 11) is 0. The van der Waals surface area contributed by atoms with Crippen LogP contribution < -0.4 is 0 Å². The number of alkyl halides is 1. The van der Waals surface area contributed by atoms with Gasteiger partial charge in [0.25, 0.3) is 0 Å². The molecule has 0 heterocycles. The van der Waals surface area contributed by atoms with Gasteiger partial charge < -0.3 is 9.84 Å². The Kier molecular flexibility index (Phi) is 3.81. The summed E-state index contributed by atoms with van der Waals surface area (Å²) in [6.45, 7) is 1.83. The van der Waals surface area contributed by atoms with Gasteiger partial charge in [0.2, 0.25) is 5.85 Å². The van der Waals surface area contributed by atoms with Gasteiger partial charge >= 0.3 is 5.97 Å². The second-order valence-electron chi connectivity index (χ2n) is 4.28. The van der Waals surface area contributed by atoms with Gasteiger partial charge in [-0.15, -0.1) is 0 Å². The molecule has 0 aliphatic heterocycles. The number of ether oxygens (including phenoxy) is 1. The van der Waals surface area contributed by atoms with E-state index >= 15 is 0 Å². The lowest BCUT2D eigenvalue weighted by Gasteiger charge is -2.26. The van der Waals surface area contributed by atoms with Crippen LogP contribution >= 0.6 is 0 Å². The summed E-state index contributed by atoms with van der Waals surface area (Å²) in [6.07, 6.45) is 3.84. The van der Waals surface area contributed by atoms with Gasteiger partial charge in [0, 0.05) is 12.5 Å². The maximum absolute atomic E-state index is 14.2. The molecule has 1 N–H and O–H groups in total. The summed E-state index contributed by atoms with van der Waals surface area (Å²) in [4.78, 5) is 11.3. The first-order valence-corrected chi connectivity index (χ1v) is 6.09. The van der Waals surface area contributed by atoms with E-state index in [1.54, 1.807) is 6.92 Å². The van der Waals surface area contributed by atoms with Crippen LogP contribution in [0.1, 0.15) is 18.4 Å². The molecule has 0 radical (unpaired) electrons. The van der Waals surface area contributed by atoms with Crippen molar-refractivity contribution < 1.29 is 19.0 Å². The predicted octanol–water partition coefficient (Wildman–Crippen LogP) is 3.05. The Balaban J connectivity index is 2.38. The van der Waals surface area contributed by atoms with Gasteiger partial charge in [0.05, 0.1) is 5.57 Å². The van der Waals surface area contributed by atoms with Gasteiger partial charge in [0.1, 0.15) is 0 Å². The Bertz CT molecular complexity index is 521. The summed E-state index contributed by atoms with van der Waals surface area (Å²) >= 11 is 0. The molecule has 0 spiro atoms. The molecule has 1 aliphatic rings. The summed E-state index contributed by atoms with van der Waals surface area (Å²) < 4.78 is 19.2. The SMILES string of the molecule is CCOC1(F)C=CC(c2ccccc2)C(C(=O)O)=C1. The van der Waals surface area contributed by atoms with Gasteiger partial charge in [-0.25, -0.2) is 9.18 Å². The normalized spacial score (nSPS) is 26.0. The second kappa shape index (κ2) is 5.36. The van der Waals surface area contributed by atoms with Crippen LogP contribution in [0.2, 0.25) is 0 Å². The molecule has 3 nitrogen and oxygen atoms in total. The summed E-state index contributed by atoms with van der Waals surface area (Å²) in [5.74, 6) is -3.73. The van der Waals surface area contributed by atoms with Crippen LogP contribution in [0.25, 0.3) is 0 Å². The van der Waals surface area contributed by atoms with Crippen molar-refractivity contribution in [2.75, 3.05) is 6.61 Å². The largest absolute Gasteiger partial charge is 0.478 e. The van der Waals surface area contributed by atoms with Gasteiger partial charge in [-0.05, 0) is 24.6 Å². The van der Waals surface area contributed by atoms with Crippen molar-refractivity contribution >= 4 is 5.97 Å². The molecule has 4 heteroatoms. The molecular weight excluding hydrogens is 247 g/mol. The number of carboxylic acid groups (broad SMARTS) is 1. The van der Waals surface area contributed by atoms with Crippen molar-refractivity contribution in [2.24, 2.45) is 0 Å². The van der Waals surface area contributed by atoms with E-state index in [2.05, 4.69) is 0 Å². The average Bonchev–Trinajstić information content (AvgIpc) is 2.39. The Labute approximate surface area is 111 Å². The summed E-state index contributed by atoms with van der Waals surface area (Å²) in [5.41, 5.74) is 0.801. The molecule has 19 heavy (non-hydrogen) atoms. The molecule has 0 fully saturated rings. The zero-order valence-corrected chi connectivity index (χ0v) is 10.5. The van der Waals surface area contributed by atoms with Crippen molar-refractivity contribution in [1.82, 2.24) is 0 Å². The molecule has 2 atom stereocenters. The standard InChI is InChI=1S/C15H15FO3/c1-2-19-15(16)9-8-12(13(10-15)14(17)18)11-6-4-3-5-7-11/h3-10,12H,2H2,1H3,(H,17,18). The molecule has 2 unspecified atom stereocenters. The van der Waals surface area contributed by atoms with Crippen LogP contribution in [0.15, 0.2) is 54.1 Å². The van der Waals surface area contributed by atoms with E-state index in [0.717, 1.165) is 11.6 Å². The van der Waals surface area contributed by atoms with Crippen LogP contribution in [0.5, 0.6) is 0 Å². The fourth-order valence-electron chi connectivity index (χ4n) is 2.14. The van der Waals surface area contributed by atoms with Crippen molar-refractivity contribution in [3.8, 4) is 0 Å². The van der Waals surface area contributed by atoms with Crippen molar-refractivity contribution in [2.45, 2.75) is 18.7 Å². The zero-order chi connectivity index (χ0) is 13.9. The van der Waals surface area contributed by atoms with E-state index < -0.39 is 17.7 Å². The monoisotopic (exact) mass is 262 g/mol. The van der Waals surface area contributed by atoms with Crippen molar-refractivity contribution in [3.05, 3.63) is 59.7 Å². The van der Waals surface area contributed by atoms with Gasteiger partial charge in [-0.1, -0.05) is 36.4 Å². The fourth-order valence-corrected chi connectivity index (χ4v) is 2.14. The van der Waals surface area contributed by atoms with E-state index in [0.29, 0.717) is 0 Å². The summed E-state index contributed by atoms with van der Waals surface area (Å²) in [5, 5.41) is 9.25. The highest BCUT2D eigenvalue weighted by Gasteiger charge is 2.34. The third-order valence-electron chi connectivity index (χ3n) is 2.97. The average molecular weight is 262 g/mol. The Morgan fingerprint density at radius 2 is 2.11 bits per heavy atom. The molecule has 0 saturated heterocycles. The number of hydrogen-bond donors (Lipinski definition) is 1. The first-order chi connectivity index (χ1) is 9.06.